The van der Waals surface area contributed by atoms with E-state index in [0.29, 0.717) is 5.92 Å². The molecule has 3 atom stereocenters. The third-order valence-corrected chi connectivity index (χ3v) is 5.59. The largest absolute Gasteiger partial charge is 0.393 e. The number of piperazine rings is 1. The summed E-state index contributed by atoms with van der Waals surface area (Å²) in [4.78, 5) is 9.29. The third kappa shape index (κ3) is 3.32. The van der Waals surface area contributed by atoms with E-state index in [1.165, 1.54) is 12.8 Å². The van der Waals surface area contributed by atoms with E-state index in [0.717, 1.165) is 50.2 Å². The number of nitrogens with zero attached hydrogens (tertiary/aromatic N) is 3. The molecule has 0 radical (unpaired) electrons. The minimum Gasteiger partial charge on any atom is -0.393 e. The first-order valence-corrected chi connectivity index (χ1v) is 8.65. The molecule has 0 spiro atoms. The smallest absolute Gasteiger partial charge is 0.185 e. The van der Waals surface area contributed by atoms with Gasteiger partial charge in [0.2, 0.25) is 0 Å². The molecule has 2 fully saturated rings. The SMILES string of the molecule is CC1CCC(O)C(CN2CCN(c3nccs3)CC2)C1. The van der Waals surface area contributed by atoms with E-state index in [4.69, 9.17) is 0 Å². The van der Waals surface area contributed by atoms with Gasteiger partial charge in [-0.3, -0.25) is 4.90 Å². The molecule has 1 aromatic rings. The van der Waals surface area contributed by atoms with Gasteiger partial charge in [-0.1, -0.05) is 6.92 Å². The summed E-state index contributed by atoms with van der Waals surface area (Å²) in [6.45, 7) is 7.70. The fraction of sp³-hybridized carbons (Fsp3) is 0.800. The predicted molar refractivity (Wildman–Crippen MR) is 83.3 cm³/mol. The lowest BCUT2D eigenvalue weighted by Gasteiger charge is -2.39. The Morgan fingerprint density at radius 2 is 2.10 bits per heavy atom. The maximum atomic E-state index is 10.2. The lowest BCUT2D eigenvalue weighted by molar-refractivity contribution is 0.0296. The van der Waals surface area contributed by atoms with Gasteiger partial charge in [0.25, 0.3) is 0 Å². The van der Waals surface area contributed by atoms with Gasteiger partial charge in [-0.25, -0.2) is 4.98 Å². The van der Waals surface area contributed by atoms with E-state index < -0.39 is 0 Å². The molecular weight excluding hydrogens is 270 g/mol. The Kier molecular flexibility index (Phi) is 4.58. The summed E-state index contributed by atoms with van der Waals surface area (Å²) in [5.41, 5.74) is 0. The van der Waals surface area contributed by atoms with Crippen LogP contribution in [-0.2, 0) is 0 Å². The zero-order valence-corrected chi connectivity index (χ0v) is 13.1. The van der Waals surface area contributed by atoms with Gasteiger partial charge in [0, 0.05) is 44.3 Å². The van der Waals surface area contributed by atoms with Gasteiger partial charge in [0.1, 0.15) is 0 Å². The molecule has 3 unspecified atom stereocenters. The van der Waals surface area contributed by atoms with Crippen LogP contribution in [0.4, 0.5) is 5.13 Å². The number of anilines is 1. The van der Waals surface area contributed by atoms with Crippen LogP contribution >= 0.6 is 11.3 Å². The predicted octanol–water partition coefficient (Wildman–Crippen LogP) is 2.06. The summed E-state index contributed by atoms with van der Waals surface area (Å²) in [7, 11) is 0. The van der Waals surface area contributed by atoms with E-state index in [1.54, 1.807) is 11.3 Å². The number of rotatable bonds is 3. The summed E-state index contributed by atoms with van der Waals surface area (Å²) in [6, 6.07) is 0. The van der Waals surface area contributed by atoms with Gasteiger partial charge in [-0.15, -0.1) is 11.3 Å². The minimum absolute atomic E-state index is 0.0804. The first-order chi connectivity index (χ1) is 9.72. The first-order valence-electron chi connectivity index (χ1n) is 7.77. The van der Waals surface area contributed by atoms with Crippen molar-refractivity contribution in [3.8, 4) is 0 Å². The van der Waals surface area contributed by atoms with E-state index >= 15 is 0 Å². The standard InChI is InChI=1S/C15H25N3OS/c1-12-2-3-14(19)13(10-12)11-17-5-7-18(8-6-17)15-16-4-9-20-15/h4,9,12-14,19H,2-3,5-8,10-11H2,1H3. The quantitative estimate of drug-likeness (QED) is 0.926. The molecule has 20 heavy (non-hydrogen) atoms. The van der Waals surface area contributed by atoms with Crippen LogP contribution in [0.1, 0.15) is 26.2 Å². The second kappa shape index (κ2) is 6.41. The van der Waals surface area contributed by atoms with E-state index in [2.05, 4.69) is 21.7 Å². The second-order valence-corrected chi connectivity index (χ2v) is 7.22. The fourth-order valence-corrected chi connectivity index (χ4v) is 4.20. The average Bonchev–Trinajstić information content (AvgIpc) is 2.98. The molecule has 0 aromatic carbocycles. The topological polar surface area (TPSA) is 39.6 Å². The second-order valence-electron chi connectivity index (χ2n) is 6.35. The minimum atomic E-state index is -0.0804. The Hall–Kier alpha value is -0.650. The van der Waals surface area contributed by atoms with Gasteiger partial charge in [-0.05, 0) is 31.1 Å². The van der Waals surface area contributed by atoms with E-state index in [9.17, 15) is 5.11 Å². The Labute approximate surface area is 125 Å². The molecule has 3 rings (SSSR count). The van der Waals surface area contributed by atoms with Crippen molar-refractivity contribution in [3.05, 3.63) is 11.6 Å². The maximum Gasteiger partial charge on any atom is 0.185 e. The number of thiazole rings is 1. The van der Waals surface area contributed by atoms with Crippen molar-refractivity contribution in [3.63, 3.8) is 0 Å². The molecule has 1 aliphatic carbocycles. The van der Waals surface area contributed by atoms with Crippen molar-refractivity contribution in [2.75, 3.05) is 37.6 Å². The van der Waals surface area contributed by atoms with Crippen LogP contribution in [0.25, 0.3) is 0 Å². The molecule has 4 nitrogen and oxygen atoms in total. The lowest BCUT2D eigenvalue weighted by Crippen LogP contribution is -2.49. The van der Waals surface area contributed by atoms with Crippen molar-refractivity contribution >= 4 is 16.5 Å². The van der Waals surface area contributed by atoms with Crippen molar-refractivity contribution in [1.29, 1.82) is 0 Å². The van der Waals surface area contributed by atoms with Gasteiger partial charge in [0.05, 0.1) is 6.10 Å². The summed E-state index contributed by atoms with van der Waals surface area (Å²) < 4.78 is 0. The van der Waals surface area contributed by atoms with Gasteiger partial charge in [-0.2, -0.15) is 0 Å². The van der Waals surface area contributed by atoms with Gasteiger partial charge < -0.3 is 10.0 Å². The Morgan fingerprint density at radius 1 is 1.30 bits per heavy atom. The average molecular weight is 295 g/mol. The Balaban J connectivity index is 1.48. The van der Waals surface area contributed by atoms with Crippen LogP contribution in [0.15, 0.2) is 11.6 Å². The molecule has 2 heterocycles. The highest BCUT2D eigenvalue weighted by Gasteiger charge is 2.29. The van der Waals surface area contributed by atoms with E-state index in [1.807, 2.05) is 11.6 Å². The maximum absolute atomic E-state index is 10.2. The molecular formula is C15H25N3OS. The molecule has 112 valence electrons. The molecule has 0 amide bonds. The number of aliphatic hydroxyl groups is 1. The molecule has 0 bridgehead atoms. The molecule has 1 N–H and O–H groups in total. The lowest BCUT2D eigenvalue weighted by atomic mass is 9.80. The molecule has 1 saturated carbocycles. The van der Waals surface area contributed by atoms with Gasteiger partial charge in [0.15, 0.2) is 5.13 Å². The van der Waals surface area contributed by atoms with Crippen molar-refractivity contribution in [1.82, 2.24) is 9.88 Å². The number of aromatic nitrogens is 1. The number of hydrogen-bond acceptors (Lipinski definition) is 5. The molecule has 1 aromatic heterocycles. The summed E-state index contributed by atoms with van der Waals surface area (Å²) in [5, 5.41) is 13.4. The fourth-order valence-electron chi connectivity index (χ4n) is 3.50. The van der Waals surface area contributed by atoms with Crippen LogP contribution in [-0.4, -0.2) is 53.8 Å². The normalized spacial score (nSPS) is 32.5. The summed E-state index contributed by atoms with van der Waals surface area (Å²) >= 11 is 1.72. The zero-order chi connectivity index (χ0) is 13.9. The van der Waals surface area contributed by atoms with Crippen LogP contribution in [0, 0.1) is 11.8 Å². The monoisotopic (exact) mass is 295 g/mol. The van der Waals surface area contributed by atoms with Crippen LogP contribution in [0.3, 0.4) is 0 Å². The summed E-state index contributed by atoms with van der Waals surface area (Å²) in [5.74, 6) is 1.25. The van der Waals surface area contributed by atoms with Crippen molar-refractivity contribution in [2.45, 2.75) is 32.3 Å². The Bertz CT molecular complexity index is 403. The first kappa shape index (κ1) is 14.3. The van der Waals surface area contributed by atoms with E-state index in [-0.39, 0.29) is 6.10 Å². The summed E-state index contributed by atoms with van der Waals surface area (Å²) in [6.07, 6.45) is 5.17. The Morgan fingerprint density at radius 3 is 2.80 bits per heavy atom. The zero-order valence-electron chi connectivity index (χ0n) is 12.2. The molecule has 1 aliphatic heterocycles. The molecule has 2 aliphatic rings. The highest BCUT2D eigenvalue weighted by molar-refractivity contribution is 7.13. The van der Waals surface area contributed by atoms with Crippen LogP contribution < -0.4 is 4.90 Å². The van der Waals surface area contributed by atoms with Crippen molar-refractivity contribution < 1.29 is 5.11 Å². The highest BCUT2D eigenvalue weighted by atomic mass is 32.1. The van der Waals surface area contributed by atoms with Crippen LogP contribution in [0.2, 0.25) is 0 Å². The third-order valence-electron chi connectivity index (χ3n) is 4.76. The number of hydrogen-bond donors (Lipinski definition) is 1. The molecule has 1 saturated heterocycles. The molecule has 5 heteroatoms. The van der Waals surface area contributed by atoms with Crippen LogP contribution in [0.5, 0.6) is 0 Å². The highest BCUT2D eigenvalue weighted by Crippen LogP contribution is 2.30. The number of aliphatic hydroxyl groups excluding tert-OH is 1. The van der Waals surface area contributed by atoms with Crippen molar-refractivity contribution in [2.24, 2.45) is 11.8 Å². The van der Waals surface area contributed by atoms with Gasteiger partial charge >= 0.3 is 0 Å².